The minimum atomic E-state index is -3.69. The fourth-order valence-electron chi connectivity index (χ4n) is 2.77. The number of carbonyl (C=O) groups excluding carboxylic acids is 1. The van der Waals surface area contributed by atoms with Crippen LogP contribution < -0.4 is 10.1 Å². The molecule has 28 heavy (non-hydrogen) atoms. The zero-order valence-electron chi connectivity index (χ0n) is 16.2. The Kier molecular flexibility index (Phi) is 7.53. The van der Waals surface area contributed by atoms with Crippen LogP contribution in [0, 0.1) is 5.82 Å². The lowest BCUT2D eigenvalue weighted by Gasteiger charge is -2.20. The van der Waals surface area contributed by atoms with Crippen molar-refractivity contribution in [1.82, 2.24) is 4.31 Å². The summed E-state index contributed by atoms with van der Waals surface area (Å²) in [5, 5.41) is 2.64. The molecule has 0 aromatic heterocycles. The van der Waals surface area contributed by atoms with Gasteiger partial charge in [0.05, 0.1) is 23.6 Å². The summed E-state index contributed by atoms with van der Waals surface area (Å²) in [6.45, 7) is 6.31. The third kappa shape index (κ3) is 5.08. The van der Waals surface area contributed by atoms with E-state index < -0.39 is 21.7 Å². The van der Waals surface area contributed by atoms with Crippen molar-refractivity contribution in [2.45, 2.75) is 32.1 Å². The first kappa shape index (κ1) is 21.8. The number of halogens is 1. The molecule has 0 radical (unpaired) electrons. The van der Waals surface area contributed by atoms with Crippen LogP contribution in [0.2, 0.25) is 0 Å². The van der Waals surface area contributed by atoms with E-state index in [0.29, 0.717) is 25.4 Å². The first-order valence-corrected chi connectivity index (χ1v) is 10.6. The van der Waals surface area contributed by atoms with E-state index in [4.69, 9.17) is 4.74 Å². The van der Waals surface area contributed by atoms with Gasteiger partial charge >= 0.3 is 0 Å². The number of hydrogen-bond acceptors (Lipinski definition) is 4. The molecule has 0 unspecified atom stereocenters. The van der Waals surface area contributed by atoms with Gasteiger partial charge in [-0.1, -0.05) is 32.0 Å². The van der Waals surface area contributed by atoms with Crippen molar-refractivity contribution in [2.24, 2.45) is 0 Å². The van der Waals surface area contributed by atoms with Gasteiger partial charge in [-0.05, 0) is 36.8 Å². The van der Waals surface area contributed by atoms with Crippen LogP contribution in [-0.2, 0) is 21.2 Å². The lowest BCUT2D eigenvalue weighted by Crippen LogP contribution is -2.30. The second kappa shape index (κ2) is 9.66. The van der Waals surface area contributed by atoms with Gasteiger partial charge in [-0.15, -0.1) is 0 Å². The van der Waals surface area contributed by atoms with E-state index in [9.17, 15) is 17.6 Å². The number of anilines is 1. The number of ether oxygens (including phenoxy) is 1. The highest BCUT2D eigenvalue weighted by Gasteiger charge is 2.23. The quantitative estimate of drug-likeness (QED) is 0.690. The largest absolute Gasteiger partial charge is 0.492 e. The van der Waals surface area contributed by atoms with Crippen LogP contribution >= 0.6 is 0 Å². The fraction of sp³-hybridized carbons (Fsp3) is 0.350. The molecule has 2 aromatic carbocycles. The Hall–Kier alpha value is -2.45. The highest BCUT2D eigenvalue weighted by atomic mass is 32.2. The van der Waals surface area contributed by atoms with Crippen molar-refractivity contribution in [3.63, 3.8) is 0 Å². The lowest BCUT2D eigenvalue weighted by atomic mass is 10.1. The number of benzene rings is 2. The number of carbonyl (C=O) groups is 1. The molecular weight excluding hydrogens is 383 g/mol. The molecule has 0 atom stereocenters. The molecule has 0 saturated carbocycles. The molecule has 0 heterocycles. The predicted molar refractivity (Wildman–Crippen MR) is 106 cm³/mol. The summed E-state index contributed by atoms with van der Waals surface area (Å²) in [4.78, 5) is 12.5. The van der Waals surface area contributed by atoms with E-state index in [2.05, 4.69) is 5.32 Å². The number of sulfonamides is 1. The Bertz CT molecular complexity index is 928. The highest BCUT2D eigenvalue weighted by molar-refractivity contribution is 7.89. The van der Waals surface area contributed by atoms with Gasteiger partial charge in [-0.25, -0.2) is 12.8 Å². The number of amides is 1. The summed E-state index contributed by atoms with van der Waals surface area (Å²) >= 11 is 0. The third-order valence-corrected chi connectivity index (χ3v) is 6.22. The molecule has 1 N–H and O–H groups in total. The number of nitrogens with one attached hydrogen (secondary N) is 1. The SMILES string of the molecule is CCOc1ccc(S(=O)(=O)N(CC)CC)cc1NC(=O)Cc1ccccc1F. The maximum absolute atomic E-state index is 13.8. The molecule has 0 fully saturated rings. The lowest BCUT2D eigenvalue weighted by molar-refractivity contribution is -0.115. The van der Waals surface area contributed by atoms with E-state index in [1.807, 2.05) is 0 Å². The van der Waals surface area contributed by atoms with E-state index >= 15 is 0 Å². The van der Waals surface area contributed by atoms with Crippen molar-refractivity contribution in [3.8, 4) is 5.75 Å². The van der Waals surface area contributed by atoms with Crippen molar-refractivity contribution in [1.29, 1.82) is 0 Å². The van der Waals surface area contributed by atoms with E-state index in [-0.39, 0.29) is 22.6 Å². The predicted octanol–water partition coefficient (Wildman–Crippen LogP) is 3.44. The second-order valence-corrected chi connectivity index (χ2v) is 7.93. The summed E-state index contributed by atoms with van der Waals surface area (Å²) in [6.07, 6.45) is -0.175. The van der Waals surface area contributed by atoms with Gasteiger partial charge in [0.2, 0.25) is 15.9 Å². The zero-order valence-corrected chi connectivity index (χ0v) is 17.1. The number of nitrogens with zero attached hydrogens (tertiary/aromatic N) is 1. The minimum Gasteiger partial charge on any atom is -0.492 e. The van der Waals surface area contributed by atoms with Crippen LogP contribution in [0.4, 0.5) is 10.1 Å². The smallest absolute Gasteiger partial charge is 0.243 e. The Morgan fingerprint density at radius 1 is 1.11 bits per heavy atom. The van der Waals surface area contributed by atoms with Gasteiger partial charge in [-0.2, -0.15) is 4.31 Å². The van der Waals surface area contributed by atoms with Gasteiger partial charge in [-0.3, -0.25) is 4.79 Å². The first-order valence-electron chi connectivity index (χ1n) is 9.13. The van der Waals surface area contributed by atoms with Gasteiger partial charge in [0, 0.05) is 13.1 Å². The molecule has 0 aliphatic carbocycles. The molecule has 0 aliphatic heterocycles. The molecule has 0 aliphatic rings. The molecule has 8 heteroatoms. The van der Waals surface area contributed by atoms with Crippen molar-refractivity contribution >= 4 is 21.6 Å². The number of rotatable bonds is 9. The highest BCUT2D eigenvalue weighted by Crippen LogP contribution is 2.29. The zero-order chi connectivity index (χ0) is 20.7. The molecule has 1 amide bonds. The molecular formula is C20H25FN2O4S. The summed E-state index contributed by atoms with van der Waals surface area (Å²) in [5.74, 6) is -0.591. The standard InChI is InChI=1S/C20H25FN2O4S/c1-4-23(5-2)28(25,26)16-11-12-19(27-6-3)18(14-16)22-20(24)13-15-9-7-8-10-17(15)21/h7-12,14H,4-6,13H2,1-3H3,(H,22,24). The van der Waals surface area contributed by atoms with E-state index in [1.165, 1.54) is 34.6 Å². The normalized spacial score (nSPS) is 11.5. The molecule has 6 nitrogen and oxygen atoms in total. The van der Waals surface area contributed by atoms with E-state index in [0.717, 1.165) is 0 Å². The Morgan fingerprint density at radius 2 is 1.79 bits per heavy atom. The topological polar surface area (TPSA) is 75.7 Å². The molecule has 2 aromatic rings. The van der Waals surface area contributed by atoms with Crippen LogP contribution in [0.15, 0.2) is 47.4 Å². The molecule has 152 valence electrons. The average molecular weight is 408 g/mol. The summed E-state index contributed by atoms with van der Waals surface area (Å²) in [7, 11) is -3.69. The third-order valence-electron chi connectivity index (χ3n) is 4.18. The first-order chi connectivity index (χ1) is 13.3. The molecule has 0 bridgehead atoms. The Morgan fingerprint density at radius 3 is 2.39 bits per heavy atom. The van der Waals surface area contributed by atoms with Crippen molar-refractivity contribution < 1.29 is 22.3 Å². The molecule has 0 saturated heterocycles. The van der Waals surface area contributed by atoms with Crippen LogP contribution in [0.5, 0.6) is 5.75 Å². The van der Waals surface area contributed by atoms with E-state index in [1.54, 1.807) is 32.9 Å². The molecule has 2 rings (SSSR count). The second-order valence-electron chi connectivity index (χ2n) is 6.00. The van der Waals surface area contributed by atoms with Crippen molar-refractivity contribution in [2.75, 3.05) is 25.0 Å². The average Bonchev–Trinajstić information content (AvgIpc) is 2.66. The van der Waals surface area contributed by atoms with Gasteiger partial charge in [0.15, 0.2) is 0 Å². The monoisotopic (exact) mass is 408 g/mol. The molecule has 0 spiro atoms. The van der Waals surface area contributed by atoms with Crippen LogP contribution in [0.25, 0.3) is 0 Å². The number of hydrogen-bond donors (Lipinski definition) is 1. The maximum atomic E-state index is 13.8. The van der Waals surface area contributed by atoms with Crippen LogP contribution in [0.3, 0.4) is 0 Å². The summed E-state index contributed by atoms with van der Waals surface area (Å²) in [5.41, 5.74) is 0.487. The van der Waals surface area contributed by atoms with Crippen molar-refractivity contribution in [3.05, 3.63) is 53.8 Å². The maximum Gasteiger partial charge on any atom is 0.243 e. The summed E-state index contributed by atoms with van der Waals surface area (Å²) in [6, 6.07) is 10.3. The Balaban J connectivity index is 2.33. The van der Waals surface area contributed by atoms with Gasteiger partial charge in [0.1, 0.15) is 11.6 Å². The fourth-order valence-corrected chi connectivity index (χ4v) is 4.26. The van der Waals surface area contributed by atoms with Gasteiger partial charge in [0.25, 0.3) is 0 Å². The van der Waals surface area contributed by atoms with Gasteiger partial charge < -0.3 is 10.1 Å². The Labute approximate surface area is 165 Å². The summed E-state index contributed by atoms with van der Waals surface area (Å²) < 4.78 is 46.1. The van der Waals surface area contributed by atoms with Crippen LogP contribution in [-0.4, -0.2) is 38.3 Å². The minimum absolute atomic E-state index is 0.0563. The van der Waals surface area contributed by atoms with Crippen LogP contribution in [0.1, 0.15) is 26.3 Å².